The summed E-state index contributed by atoms with van der Waals surface area (Å²) in [6.07, 6.45) is 7.95. The van der Waals surface area contributed by atoms with Gasteiger partial charge in [-0.3, -0.25) is 0 Å². The molecule has 0 saturated heterocycles. The van der Waals surface area contributed by atoms with Crippen molar-refractivity contribution in [3.63, 3.8) is 0 Å². The van der Waals surface area contributed by atoms with E-state index in [0.717, 1.165) is 41.6 Å². The van der Waals surface area contributed by atoms with E-state index in [1.807, 2.05) is 13.0 Å². The average Bonchev–Trinajstić information content (AvgIpc) is 2.65. The highest BCUT2D eigenvalue weighted by Crippen LogP contribution is 2.28. The molecule has 1 atom stereocenters. The second-order valence-corrected chi connectivity index (χ2v) is 6.75. The standard InChI is InChI=1S/C23H34BO2/c1-8-11-13-22(12-9-2)26-23-15-20(18(5)24-17(4)10-3)14-21(16-23)19(6)25-7/h10,14-16,22H,5-6,8-9,11-13H2,1-4,7H3/b17-10-. The Morgan fingerprint density at radius 2 is 1.81 bits per heavy atom. The molecule has 1 aromatic carbocycles. The zero-order valence-electron chi connectivity index (χ0n) is 17.2. The quantitative estimate of drug-likeness (QED) is 0.310. The molecule has 1 rings (SSSR count). The van der Waals surface area contributed by atoms with Crippen LogP contribution in [0.4, 0.5) is 0 Å². The van der Waals surface area contributed by atoms with Crippen molar-refractivity contribution in [2.45, 2.75) is 65.9 Å². The van der Waals surface area contributed by atoms with Crippen LogP contribution in [0.1, 0.15) is 70.9 Å². The lowest BCUT2D eigenvalue weighted by atomic mass is 9.61. The van der Waals surface area contributed by atoms with E-state index in [1.54, 1.807) is 7.11 Å². The fourth-order valence-electron chi connectivity index (χ4n) is 2.78. The van der Waals surface area contributed by atoms with Crippen molar-refractivity contribution in [3.8, 4) is 5.75 Å². The summed E-state index contributed by atoms with van der Waals surface area (Å²) in [6.45, 7) is 16.7. The molecule has 0 fully saturated rings. The number of methoxy groups -OCH3 is 1. The van der Waals surface area contributed by atoms with Gasteiger partial charge in [0.25, 0.3) is 0 Å². The molecule has 1 aromatic rings. The van der Waals surface area contributed by atoms with E-state index in [4.69, 9.17) is 9.47 Å². The normalized spacial score (nSPS) is 12.4. The molecule has 0 saturated carbocycles. The van der Waals surface area contributed by atoms with Crippen molar-refractivity contribution in [3.05, 3.63) is 54.0 Å². The summed E-state index contributed by atoms with van der Waals surface area (Å²) in [5.74, 6) is 1.49. The molecule has 0 spiro atoms. The second kappa shape index (κ2) is 11.7. The van der Waals surface area contributed by atoms with Crippen LogP contribution in [-0.2, 0) is 4.74 Å². The van der Waals surface area contributed by atoms with Crippen LogP contribution in [0.25, 0.3) is 11.2 Å². The summed E-state index contributed by atoms with van der Waals surface area (Å²) in [4.78, 5) is 0. The first-order chi connectivity index (χ1) is 12.4. The Bertz CT molecular complexity index is 631. The van der Waals surface area contributed by atoms with Gasteiger partial charge in [0.1, 0.15) is 11.5 Å². The Labute approximate surface area is 161 Å². The monoisotopic (exact) mass is 353 g/mol. The Hall–Kier alpha value is -1.90. The molecule has 1 unspecified atom stereocenters. The topological polar surface area (TPSA) is 18.5 Å². The summed E-state index contributed by atoms with van der Waals surface area (Å²) in [7, 11) is 3.72. The molecular weight excluding hydrogens is 319 g/mol. The van der Waals surface area contributed by atoms with Crippen molar-refractivity contribution in [1.82, 2.24) is 0 Å². The van der Waals surface area contributed by atoms with E-state index in [0.29, 0.717) is 5.76 Å². The minimum absolute atomic E-state index is 0.244. The van der Waals surface area contributed by atoms with Crippen molar-refractivity contribution in [2.75, 3.05) is 7.11 Å². The second-order valence-electron chi connectivity index (χ2n) is 6.75. The highest BCUT2D eigenvalue weighted by Gasteiger charge is 2.13. The van der Waals surface area contributed by atoms with Crippen LogP contribution < -0.4 is 4.74 Å². The molecule has 0 bridgehead atoms. The van der Waals surface area contributed by atoms with E-state index in [2.05, 4.69) is 59.4 Å². The van der Waals surface area contributed by atoms with Gasteiger partial charge in [-0.15, -0.1) is 12.1 Å². The number of hydrogen-bond acceptors (Lipinski definition) is 2. The first kappa shape index (κ1) is 22.1. The first-order valence-electron chi connectivity index (χ1n) is 9.67. The number of allylic oxidation sites excluding steroid dienone is 2. The van der Waals surface area contributed by atoms with Crippen molar-refractivity contribution in [1.29, 1.82) is 0 Å². The Balaban J connectivity index is 3.14. The van der Waals surface area contributed by atoms with Gasteiger partial charge in [-0.05, 0) is 43.5 Å². The van der Waals surface area contributed by atoms with Gasteiger partial charge in [0.15, 0.2) is 7.28 Å². The van der Waals surface area contributed by atoms with Crippen molar-refractivity contribution in [2.24, 2.45) is 0 Å². The molecule has 0 aliphatic carbocycles. The van der Waals surface area contributed by atoms with Gasteiger partial charge in [0.2, 0.25) is 0 Å². The maximum absolute atomic E-state index is 6.35. The van der Waals surface area contributed by atoms with Crippen LogP contribution in [-0.4, -0.2) is 20.5 Å². The lowest BCUT2D eigenvalue weighted by Crippen LogP contribution is -2.16. The lowest BCUT2D eigenvalue weighted by molar-refractivity contribution is 0.176. The van der Waals surface area contributed by atoms with E-state index >= 15 is 0 Å². The van der Waals surface area contributed by atoms with Crippen molar-refractivity contribution < 1.29 is 9.47 Å². The number of rotatable bonds is 12. The predicted octanol–water partition coefficient (Wildman–Crippen LogP) is 6.64. The van der Waals surface area contributed by atoms with E-state index in [1.165, 1.54) is 18.3 Å². The molecule has 0 aliphatic heterocycles. The Morgan fingerprint density at radius 1 is 1.12 bits per heavy atom. The molecule has 0 aromatic heterocycles. The Morgan fingerprint density at radius 3 is 2.38 bits per heavy atom. The fraction of sp³-hybridized carbons (Fsp3) is 0.478. The summed E-state index contributed by atoms with van der Waals surface area (Å²) in [5.41, 5.74) is 4.10. The zero-order valence-corrected chi connectivity index (χ0v) is 17.2. The molecule has 1 radical (unpaired) electrons. The molecule has 0 amide bonds. The average molecular weight is 353 g/mol. The third kappa shape index (κ3) is 7.15. The SMILES string of the molecule is C=C([B]/C(C)=C\C)c1cc(OC(CCC)CCCC)cc(C(=C)OC)c1. The number of unbranched alkanes of at least 4 members (excludes halogenated alkanes) is 1. The van der Waals surface area contributed by atoms with Crippen LogP contribution in [0.5, 0.6) is 5.75 Å². The predicted molar refractivity (Wildman–Crippen MR) is 116 cm³/mol. The molecule has 0 N–H and O–H groups in total. The van der Waals surface area contributed by atoms with Gasteiger partial charge >= 0.3 is 0 Å². The van der Waals surface area contributed by atoms with Crippen LogP contribution in [0.2, 0.25) is 0 Å². The maximum Gasteiger partial charge on any atom is 0.184 e. The summed E-state index contributed by atoms with van der Waals surface area (Å²) < 4.78 is 11.7. The number of benzene rings is 1. The van der Waals surface area contributed by atoms with E-state index < -0.39 is 0 Å². The number of ether oxygens (including phenoxy) is 2. The van der Waals surface area contributed by atoms with Gasteiger partial charge in [-0.1, -0.05) is 58.2 Å². The summed E-state index contributed by atoms with van der Waals surface area (Å²) >= 11 is 0. The maximum atomic E-state index is 6.35. The van der Waals surface area contributed by atoms with Crippen LogP contribution in [0.3, 0.4) is 0 Å². The third-order valence-electron chi connectivity index (χ3n) is 4.50. The van der Waals surface area contributed by atoms with Gasteiger partial charge in [0.05, 0.1) is 13.2 Å². The van der Waals surface area contributed by atoms with Gasteiger partial charge in [-0.25, -0.2) is 0 Å². The van der Waals surface area contributed by atoms with Gasteiger partial charge in [0, 0.05) is 5.56 Å². The lowest BCUT2D eigenvalue weighted by Gasteiger charge is -2.20. The largest absolute Gasteiger partial charge is 0.497 e. The summed E-state index contributed by atoms with van der Waals surface area (Å²) in [5, 5.41) is 0. The molecule has 3 heteroatoms. The number of hydrogen-bond donors (Lipinski definition) is 0. The highest BCUT2D eigenvalue weighted by molar-refractivity contribution is 6.67. The summed E-state index contributed by atoms with van der Waals surface area (Å²) in [6, 6.07) is 6.14. The smallest absolute Gasteiger partial charge is 0.184 e. The van der Waals surface area contributed by atoms with Gasteiger partial charge < -0.3 is 9.47 Å². The molecule has 0 heterocycles. The molecule has 141 valence electrons. The first-order valence-corrected chi connectivity index (χ1v) is 9.67. The van der Waals surface area contributed by atoms with E-state index in [9.17, 15) is 0 Å². The third-order valence-corrected chi connectivity index (χ3v) is 4.50. The van der Waals surface area contributed by atoms with Crippen LogP contribution >= 0.6 is 0 Å². The van der Waals surface area contributed by atoms with Gasteiger partial charge in [-0.2, -0.15) is 0 Å². The van der Waals surface area contributed by atoms with Crippen molar-refractivity contribution >= 4 is 18.5 Å². The minimum Gasteiger partial charge on any atom is -0.497 e. The molecule has 26 heavy (non-hydrogen) atoms. The zero-order chi connectivity index (χ0) is 19.5. The van der Waals surface area contributed by atoms with Crippen LogP contribution in [0, 0.1) is 0 Å². The van der Waals surface area contributed by atoms with E-state index in [-0.39, 0.29) is 6.10 Å². The van der Waals surface area contributed by atoms with Crippen LogP contribution in [0.15, 0.2) is 42.9 Å². The minimum atomic E-state index is 0.244. The Kier molecular flexibility index (Phi) is 9.94. The fourth-order valence-corrected chi connectivity index (χ4v) is 2.78. The molecule has 2 nitrogen and oxygen atoms in total. The molecular formula is C23H34BO2. The highest BCUT2D eigenvalue weighted by atomic mass is 16.5. The molecule has 0 aliphatic rings.